The molecule has 25 heavy (non-hydrogen) atoms. The molecule has 0 radical (unpaired) electrons. The molecule has 0 saturated carbocycles. The Kier molecular flexibility index (Phi) is 9.33. The number of rotatable bonds is 6. The van der Waals surface area contributed by atoms with Crippen molar-refractivity contribution in [3.05, 3.63) is 65.0 Å². The van der Waals surface area contributed by atoms with Crippen LogP contribution in [0.3, 0.4) is 0 Å². The minimum Gasteiger partial charge on any atom is -0.357 e. The first kappa shape index (κ1) is 21.3. The van der Waals surface area contributed by atoms with Gasteiger partial charge in [0.15, 0.2) is 5.96 Å². The Morgan fingerprint density at radius 1 is 1.16 bits per heavy atom. The Balaban J connectivity index is 0.00000312. The lowest BCUT2D eigenvalue weighted by molar-refractivity contribution is 0.585. The maximum Gasteiger partial charge on any atom is 0.191 e. The van der Waals surface area contributed by atoms with Gasteiger partial charge in [-0.25, -0.2) is 13.8 Å². The zero-order valence-corrected chi connectivity index (χ0v) is 16.7. The van der Waals surface area contributed by atoms with Gasteiger partial charge in [-0.05, 0) is 55.7 Å². The summed E-state index contributed by atoms with van der Waals surface area (Å²) >= 11 is 0. The number of aliphatic imine (C=N–C) groups is 1. The van der Waals surface area contributed by atoms with Gasteiger partial charge in [0, 0.05) is 31.0 Å². The molecule has 0 amide bonds. The Labute approximate surface area is 164 Å². The molecule has 0 saturated heterocycles. The van der Waals surface area contributed by atoms with Crippen LogP contribution in [-0.2, 0) is 13.0 Å². The predicted molar refractivity (Wildman–Crippen MR) is 107 cm³/mol. The highest BCUT2D eigenvalue weighted by Gasteiger charge is 2.04. The standard InChI is InChI=1S/C18H22F2N4.HI/c1-3-22-18(23-9-7-14-6-8-21-11-13(14)2)24-12-15-10-16(19)4-5-17(15)20;/h4-6,8,10-11H,3,7,9,12H2,1-2H3,(H2,22,23,24);1H. The van der Waals surface area contributed by atoms with E-state index >= 15 is 0 Å². The van der Waals surface area contributed by atoms with Crippen molar-refractivity contribution in [3.63, 3.8) is 0 Å². The lowest BCUT2D eigenvalue weighted by atomic mass is 10.1. The van der Waals surface area contributed by atoms with Crippen LogP contribution in [-0.4, -0.2) is 24.0 Å². The fourth-order valence-electron chi connectivity index (χ4n) is 2.27. The Bertz CT molecular complexity index is 707. The lowest BCUT2D eigenvalue weighted by Gasteiger charge is -2.12. The molecule has 0 aliphatic heterocycles. The van der Waals surface area contributed by atoms with Gasteiger partial charge in [-0.15, -0.1) is 24.0 Å². The summed E-state index contributed by atoms with van der Waals surface area (Å²) in [6.45, 7) is 5.42. The van der Waals surface area contributed by atoms with Crippen molar-refractivity contribution >= 4 is 29.9 Å². The van der Waals surface area contributed by atoms with Crippen LogP contribution in [0.2, 0.25) is 0 Å². The molecule has 4 nitrogen and oxygen atoms in total. The van der Waals surface area contributed by atoms with Crippen molar-refractivity contribution in [2.45, 2.75) is 26.8 Å². The predicted octanol–water partition coefficient (Wildman–Crippen LogP) is 3.58. The van der Waals surface area contributed by atoms with E-state index in [1.54, 1.807) is 6.20 Å². The maximum atomic E-state index is 13.6. The third-order valence-corrected chi connectivity index (χ3v) is 3.58. The maximum absolute atomic E-state index is 13.6. The van der Waals surface area contributed by atoms with Crippen LogP contribution in [0, 0.1) is 18.6 Å². The van der Waals surface area contributed by atoms with E-state index in [4.69, 9.17) is 0 Å². The fraction of sp³-hybridized carbons (Fsp3) is 0.333. The number of pyridine rings is 1. The first-order chi connectivity index (χ1) is 11.6. The largest absolute Gasteiger partial charge is 0.357 e. The van der Waals surface area contributed by atoms with Crippen LogP contribution in [0.4, 0.5) is 8.78 Å². The molecule has 136 valence electrons. The van der Waals surface area contributed by atoms with E-state index in [9.17, 15) is 8.78 Å². The average Bonchev–Trinajstić information content (AvgIpc) is 2.57. The molecule has 1 aromatic heterocycles. The van der Waals surface area contributed by atoms with Crippen molar-refractivity contribution < 1.29 is 8.78 Å². The summed E-state index contributed by atoms with van der Waals surface area (Å²) in [5.41, 5.74) is 2.59. The van der Waals surface area contributed by atoms with E-state index in [2.05, 4.69) is 20.6 Å². The van der Waals surface area contributed by atoms with E-state index in [0.29, 0.717) is 19.0 Å². The first-order valence-corrected chi connectivity index (χ1v) is 7.95. The lowest BCUT2D eigenvalue weighted by Crippen LogP contribution is -2.38. The van der Waals surface area contributed by atoms with Crippen molar-refractivity contribution in [3.8, 4) is 0 Å². The first-order valence-electron chi connectivity index (χ1n) is 7.95. The van der Waals surface area contributed by atoms with Crippen LogP contribution < -0.4 is 10.6 Å². The summed E-state index contributed by atoms with van der Waals surface area (Å²) in [6.07, 6.45) is 4.43. The summed E-state index contributed by atoms with van der Waals surface area (Å²) in [5.74, 6) is -0.344. The zero-order chi connectivity index (χ0) is 17.4. The second-order valence-corrected chi connectivity index (χ2v) is 5.41. The molecule has 0 unspecified atom stereocenters. The number of hydrogen-bond donors (Lipinski definition) is 2. The van der Waals surface area contributed by atoms with Gasteiger partial charge in [0.2, 0.25) is 0 Å². The van der Waals surface area contributed by atoms with E-state index < -0.39 is 11.6 Å². The van der Waals surface area contributed by atoms with E-state index in [-0.39, 0.29) is 36.1 Å². The zero-order valence-electron chi connectivity index (χ0n) is 14.4. The summed E-state index contributed by atoms with van der Waals surface area (Å²) in [4.78, 5) is 8.39. The second-order valence-electron chi connectivity index (χ2n) is 5.41. The van der Waals surface area contributed by atoms with E-state index in [1.165, 1.54) is 11.6 Å². The van der Waals surface area contributed by atoms with Gasteiger partial charge in [-0.2, -0.15) is 0 Å². The van der Waals surface area contributed by atoms with E-state index in [0.717, 1.165) is 24.1 Å². The summed E-state index contributed by atoms with van der Waals surface area (Å²) < 4.78 is 26.8. The highest BCUT2D eigenvalue weighted by Crippen LogP contribution is 2.10. The molecule has 0 fully saturated rings. The number of guanidine groups is 1. The van der Waals surface area contributed by atoms with Crippen molar-refractivity contribution in [1.82, 2.24) is 15.6 Å². The second kappa shape index (κ2) is 11.0. The molecule has 0 atom stereocenters. The highest BCUT2D eigenvalue weighted by molar-refractivity contribution is 14.0. The Morgan fingerprint density at radius 3 is 2.68 bits per heavy atom. The molecular formula is C18H23F2IN4. The summed E-state index contributed by atoms with van der Waals surface area (Å²) in [5, 5.41) is 6.30. The van der Waals surface area contributed by atoms with Crippen LogP contribution in [0.25, 0.3) is 0 Å². The van der Waals surface area contributed by atoms with Gasteiger partial charge < -0.3 is 10.6 Å². The minimum atomic E-state index is -0.465. The number of nitrogens with zero attached hydrogens (tertiary/aromatic N) is 2. The summed E-state index contributed by atoms with van der Waals surface area (Å²) in [7, 11) is 0. The van der Waals surface area contributed by atoms with Crippen molar-refractivity contribution in [2.75, 3.05) is 13.1 Å². The molecular weight excluding hydrogens is 437 g/mol. The number of halogens is 3. The average molecular weight is 460 g/mol. The van der Waals surface area contributed by atoms with Gasteiger partial charge in [-0.1, -0.05) is 0 Å². The molecule has 1 aromatic carbocycles. The van der Waals surface area contributed by atoms with Crippen LogP contribution >= 0.6 is 24.0 Å². The molecule has 2 aromatic rings. The quantitative estimate of drug-likeness (QED) is 0.394. The highest BCUT2D eigenvalue weighted by atomic mass is 127. The SMILES string of the molecule is CCNC(=NCc1cc(F)ccc1F)NCCc1ccncc1C.I. The third-order valence-electron chi connectivity index (χ3n) is 3.58. The topological polar surface area (TPSA) is 49.3 Å². The van der Waals surface area contributed by atoms with Gasteiger partial charge in [0.25, 0.3) is 0 Å². The number of aryl methyl sites for hydroxylation is 1. The number of benzene rings is 1. The number of aromatic nitrogens is 1. The fourth-order valence-corrected chi connectivity index (χ4v) is 2.27. The molecule has 0 aliphatic rings. The van der Waals surface area contributed by atoms with Crippen molar-refractivity contribution in [1.29, 1.82) is 0 Å². The molecule has 7 heteroatoms. The third kappa shape index (κ3) is 6.93. The van der Waals surface area contributed by atoms with Crippen LogP contribution in [0.15, 0.2) is 41.7 Å². The number of nitrogens with one attached hydrogen (secondary N) is 2. The minimum absolute atomic E-state index is 0. The summed E-state index contributed by atoms with van der Waals surface area (Å²) in [6, 6.07) is 5.38. The van der Waals surface area contributed by atoms with Gasteiger partial charge in [0.1, 0.15) is 11.6 Å². The van der Waals surface area contributed by atoms with Crippen molar-refractivity contribution in [2.24, 2.45) is 4.99 Å². The molecule has 0 bridgehead atoms. The Morgan fingerprint density at radius 2 is 1.96 bits per heavy atom. The molecule has 0 aliphatic carbocycles. The van der Waals surface area contributed by atoms with Gasteiger partial charge in [0.05, 0.1) is 6.54 Å². The molecule has 0 spiro atoms. The Hall–Kier alpha value is -1.77. The molecule has 1 heterocycles. The van der Waals surface area contributed by atoms with Gasteiger partial charge in [-0.3, -0.25) is 4.98 Å². The smallest absolute Gasteiger partial charge is 0.191 e. The molecule has 2 N–H and O–H groups in total. The number of hydrogen-bond acceptors (Lipinski definition) is 2. The van der Waals surface area contributed by atoms with E-state index in [1.807, 2.05) is 26.1 Å². The normalized spacial score (nSPS) is 11.0. The molecule has 2 rings (SSSR count). The van der Waals surface area contributed by atoms with Gasteiger partial charge >= 0.3 is 0 Å². The van der Waals surface area contributed by atoms with Crippen LogP contribution in [0.1, 0.15) is 23.6 Å². The van der Waals surface area contributed by atoms with Crippen LogP contribution in [0.5, 0.6) is 0 Å². The monoisotopic (exact) mass is 460 g/mol.